The van der Waals surface area contributed by atoms with E-state index in [0.29, 0.717) is 6.10 Å². The molecule has 0 spiro atoms. The lowest BCUT2D eigenvalue weighted by molar-refractivity contribution is 0.136. The summed E-state index contributed by atoms with van der Waals surface area (Å²) in [6.07, 6.45) is 5.70. The number of aliphatic hydroxyl groups is 1. The third kappa shape index (κ3) is 2.72. The van der Waals surface area contributed by atoms with Gasteiger partial charge in [-0.25, -0.2) is 0 Å². The van der Waals surface area contributed by atoms with Crippen LogP contribution >= 0.6 is 11.3 Å². The molecule has 2 nitrogen and oxygen atoms in total. The van der Waals surface area contributed by atoms with Gasteiger partial charge >= 0.3 is 0 Å². The molecule has 1 aromatic heterocycles. The van der Waals surface area contributed by atoms with Gasteiger partial charge in [-0.3, -0.25) is 0 Å². The summed E-state index contributed by atoms with van der Waals surface area (Å²) in [5, 5.41) is 13.0. The number of ether oxygens (including phenoxy) is 1. The molecule has 1 N–H and O–H groups in total. The van der Waals surface area contributed by atoms with Crippen LogP contribution in [0.15, 0.2) is 35.7 Å². The number of aliphatic hydroxyl groups excluding tert-OH is 1. The van der Waals surface area contributed by atoms with E-state index in [-0.39, 0.29) is 5.92 Å². The molecule has 2 aromatic rings. The number of hydrogen-bond acceptors (Lipinski definition) is 3. The summed E-state index contributed by atoms with van der Waals surface area (Å²) in [6.45, 7) is 0. The van der Waals surface area contributed by atoms with Crippen molar-refractivity contribution in [2.45, 2.75) is 50.2 Å². The molecule has 2 atom stereocenters. The average molecular weight is 300 g/mol. The summed E-state index contributed by atoms with van der Waals surface area (Å²) in [7, 11) is 0. The maximum Gasteiger partial charge on any atom is 0.120 e. The smallest absolute Gasteiger partial charge is 0.120 e. The van der Waals surface area contributed by atoms with Crippen LogP contribution in [-0.4, -0.2) is 11.2 Å². The first-order valence-corrected chi connectivity index (χ1v) is 8.70. The minimum atomic E-state index is -0.429. The summed E-state index contributed by atoms with van der Waals surface area (Å²) in [5.74, 6) is 1.13. The maximum atomic E-state index is 10.8. The Kier molecular flexibility index (Phi) is 3.48. The molecule has 0 saturated heterocycles. The highest BCUT2D eigenvalue weighted by atomic mass is 32.1. The predicted octanol–water partition coefficient (Wildman–Crippen LogP) is 4.44. The van der Waals surface area contributed by atoms with E-state index in [4.69, 9.17) is 4.74 Å². The molecule has 2 aliphatic rings. The quantitative estimate of drug-likeness (QED) is 0.904. The summed E-state index contributed by atoms with van der Waals surface area (Å²) < 4.78 is 5.85. The number of thiophene rings is 1. The Labute approximate surface area is 129 Å². The van der Waals surface area contributed by atoms with Gasteiger partial charge in [-0.15, -0.1) is 11.3 Å². The summed E-state index contributed by atoms with van der Waals surface area (Å²) in [5.41, 5.74) is 2.34. The second-order valence-electron chi connectivity index (χ2n) is 6.13. The van der Waals surface area contributed by atoms with Gasteiger partial charge in [0.15, 0.2) is 0 Å². The van der Waals surface area contributed by atoms with Gasteiger partial charge < -0.3 is 9.84 Å². The van der Waals surface area contributed by atoms with Gasteiger partial charge in [0.2, 0.25) is 0 Å². The molecule has 1 fully saturated rings. The van der Waals surface area contributed by atoms with E-state index in [1.165, 1.54) is 23.3 Å². The third-order valence-electron chi connectivity index (χ3n) is 4.51. The van der Waals surface area contributed by atoms with Crippen molar-refractivity contribution in [3.63, 3.8) is 0 Å². The van der Waals surface area contributed by atoms with Gasteiger partial charge in [-0.2, -0.15) is 0 Å². The number of benzene rings is 1. The van der Waals surface area contributed by atoms with Crippen molar-refractivity contribution in [1.29, 1.82) is 0 Å². The number of hydrogen-bond donors (Lipinski definition) is 1. The molecule has 0 radical (unpaired) electrons. The molecule has 110 valence electrons. The zero-order valence-corrected chi connectivity index (χ0v) is 12.8. The minimum absolute atomic E-state index is 0.233. The molecule has 2 unspecified atom stereocenters. The van der Waals surface area contributed by atoms with Gasteiger partial charge in [0.25, 0.3) is 0 Å². The zero-order valence-electron chi connectivity index (χ0n) is 12.0. The van der Waals surface area contributed by atoms with Gasteiger partial charge in [0.1, 0.15) is 5.75 Å². The summed E-state index contributed by atoms with van der Waals surface area (Å²) in [4.78, 5) is 1.45. The number of aryl methyl sites for hydroxylation is 1. The SMILES string of the molecule is OC(c1cccc(OC2CC2)c1)C1CCCc2sccc21. The molecule has 4 rings (SSSR count). The molecule has 2 aliphatic carbocycles. The molecule has 0 bridgehead atoms. The fourth-order valence-electron chi connectivity index (χ4n) is 3.23. The van der Waals surface area contributed by atoms with E-state index >= 15 is 0 Å². The Bertz CT molecular complexity index is 630. The van der Waals surface area contributed by atoms with Crippen LogP contribution in [0.25, 0.3) is 0 Å². The predicted molar refractivity (Wildman–Crippen MR) is 85.0 cm³/mol. The largest absolute Gasteiger partial charge is 0.490 e. The molecule has 21 heavy (non-hydrogen) atoms. The maximum absolute atomic E-state index is 10.8. The first kappa shape index (κ1) is 13.4. The van der Waals surface area contributed by atoms with Crippen LogP contribution in [0.2, 0.25) is 0 Å². The van der Waals surface area contributed by atoms with Crippen molar-refractivity contribution in [3.05, 3.63) is 51.7 Å². The number of fused-ring (bicyclic) bond motifs is 1. The molecular formula is C18H20O2S. The van der Waals surface area contributed by atoms with E-state index in [1.807, 2.05) is 35.6 Å². The lowest BCUT2D eigenvalue weighted by atomic mass is 9.81. The van der Waals surface area contributed by atoms with Gasteiger partial charge in [-0.1, -0.05) is 12.1 Å². The second-order valence-corrected chi connectivity index (χ2v) is 7.13. The highest BCUT2D eigenvalue weighted by molar-refractivity contribution is 7.10. The molecule has 3 heteroatoms. The molecule has 0 amide bonds. The molecule has 1 aromatic carbocycles. The van der Waals surface area contributed by atoms with E-state index in [1.54, 1.807) is 0 Å². The fourth-order valence-corrected chi connectivity index (χ4v) is 4.23. The average Bonchev–Trinajstić information content (AvgIpc) is 3.19. The van der Waals surface area contributed by atoms with E-state index in [0.717, 1.165) is 30.6 Å². The lowest BCUT2D eigenvalue weighted by Crippen LogP contribution is -2.15. The highest BCUT2D eigenvalue weighted by Crippen LogP contribution is 2.42. The van der Waals surface area contributed by atoms with Gasteiger partial charge in [0.05, 0.1) is 12.2 Å². The van der Waals surface area contributed by atoms with Crippen LogP contribution in [0.5, 0.6) is 5.75 Å². The third-order valence-corrected chi connectivity index (χ3v) is 5.50. The Morgan fingerprint density at radius 1 is 1.19 bits per heavy atom. The summed E-state index contributed by atoms with van der Waals surface area (Å²) >= 11 is 1.83. The Hall–Kier alpha value is -1.32. The van der Waals surface area contributed by atoms with Crippen molar-refractivity contribution in [3.8, 4) is 5.75 Å². The van der Waals surface area contributed by atoms with Crippen molar-refractivity contribution >= 4 is 11.3 Å². The zero-order chi connectivity index (χ0) is 14.2. The van der Waals surface area contributed by atoms with E-state index in [2.05, 4.69) is 11.4 Å². The van der Waals surface area contributed by atoms with E-state index in [9.17, 15) is 5.11 Å². The van der Waals surface area contributed by atoms with Crippen molar-refractivity contribution in [2.24, 2.45) is 0 Å². The molecule has 1 saturated carbocycles. The lowest BCUT2D eigenvalue weighted by Gasteiger charge is -2.27. The summed E-state index contributed by atoms with van der Waals surface area (Å²) in [6, 6.07) is 10.2. The minimum Gasteiger partial charge on any atom is -0.490 e. The van der Waals surface area contributed by atoms with Crippen molar-refractivity contribution in [1.82, 2.24) is 0 Å². The van der Waals surface area contributed by atoms with Crippen LogP contribution in [0, 0.1) is 0 Å². The van der Waals surface area contributed by atoms with Crippen LogP contribution in [0.3, 0.4) is 0 Å². The van der Waals surface area contributed by atoms with Gasteiger partial charge in [0, 0.05) is 10.8 Å². The number of rotatable bonds is 4. The topological polar surface area (TPSA) is 29.5 Å². The van der Waals surface area contributed by atoms with Crippen LogP contribution in [-0.2, 0) is 6.42 Å². The normalized spacial score (nSPS) is 22.6. The van der Waals surface area contributed by atoms with Crippen LogP contribution in [0.1, 0.15) is 53.7 Å². The molecule has 1 heterocycles. The Morgan fingerprint density at radius 3 is 2.95 bits per heavy atom. The Morgan fingerprint density at radius 2 is 2.10 bits per heavy atom. The van der Waals surface area contributed by atoms with Crippen LogP contribution < -0.4 is 4.74 Å². The van der Waals surface area contributed by atoms with Crippen molar-refractivity contribution < 1.29 is 9.84 Å². The second kappa shape index (κ2) is 5.47. The highest BCUT2D eigenvalue weighted by Gasteiger charge is 2.29. The first-order valence-electron chi connectivity index (χ1n) is 7.82. The van der Waals surface area contributed by atoms with Crippen LogP contribution in [0.4, 0.5) is 0 Å². The van der Waals surface area contributed by atoms with Gasteiger partial charge in [-0.05, 0) is 66.8 Å². The fraction of sp³-hybridized carbons (Fsp3) is 0.444. The monoisotopic (exact) mass is 300 g/mol. The first-order chi connectivity index (χ1) is 10.3. The molecular weight excluding hydrogens is 280 g/mol. The van der Waals surface area contributed by atoms with E-state index < -0.39 is 6.10 Å². The molecule has 0 aliphatic heterocycles. The Balaban J connectivity index is 1.58. The van der Waals surface area contributed by atoms with Crippen molar-refractivity contribution in [2.75, 3.05) is 0 Å². The standard InChI is InChI=1S/C18H20O2S/c19-18(16-5-2-6-17-15(16)9-10-21-17)12-3-1-4-14(11-12)20-13-7-8-13/h1,3-4,9-11,13,16,18-19H,2,5-8H2.